The van der Waals surface area contributed by atoms with E-state index in [1.807, 2.05) is 28.0 Å². The SMILES string of the molecule is CC(CC(=O)N1CCC[C@@H]1C(=O)N1CCCC1)c1ccccc1. The molecule has 1 unspecified atom stereocenters. The molecule has 0 aliphatic carbocycles. The summed E-state index contributed by atoms with van der Waals surface area (Å²) in [5, 5.41) is 0. The van der Waals surface area contributed by atoms with Gasteiger partial charge in [-0.1, -0.05) is 37.3 Å². The Balaban J connectivity index is 1.62. The normalized spacial score (nSPS) is 22.4. The minimum absolute atomic E-state index is 0.122. The number of nitrogens with zero attached hydrogens (tertiary/aromatic N) is 2. The third-order valence-corrected chi connectivity index (χ3v) is 5.13. The van der Waals surface area contributed by atoms with E-state index >= 15 is 0 Å². The fourth-order valence-electron chi connectivity index (χ4n) is 3.75. The van der Waals surface area contributed by atoms with E-state index in [4.69, 9.17) is 0 Å². The summed E-state index contributed by atoms with van der Waals surface area (Å²) in [5.41, 5.74) is 1.18. The molecule has 2 atom stereocenters. The van der Waals surface area contributed by atoms with Crippen LogP contribution in [0.25, 0.3) is 0 Å². The second kappa shape index (κ2) is 7.16. The van der Waals surface area contributed by atoms with Gasteiger partial charge in [0.2, 0.25) is 11.8 Å². The minimum atomic E-state index is -0.219. The molecule has 2 aliphatic rings. The van der Waals surface area contributed by atoms with Crippen molar-refractivity contribution in [2.75, 3.05) is 19.6 Å². The highest BCUT2D eigenvalue weighted by atomic mass is 16.2. The van der Waals surface area contributed by atoms with Crippen LogP contribution in [0.15, 0.2) is 30.3 Å². The van der Waals surface area contributed by atoms with Crippen molar-refractivity contribution in [2.24, 2.45) is 0 Å². The van der Waals surface area contributed by atoms with Crippen LogP contribution in [0.4, 0.5) is 0 Å². The molecule has 0 spiro atoms. The summed E-state index contributed by atoms with van der Waals surface area (Å²) in [5.74, 6) is 0.476. The highest BCUT2D eigenvalue weighted by Crippen LogP contribution is 2.26. The molecule has 2 aliphatic heterocycles. The number of likely N-dealkylation sites (tertiary alicyclic amines) is 2. The van der Waals surface area contributed by atoms with Gasteiger partial charge in [0.1, 0.15) is 6.04 Å². The molecule has 0 radical (unpaired) electrons. The Hall–Kier alpha value is -1.84. The number of carbonyl (C=O) groups is 2. The van der Waals surface area contributed by atoms with E-state index in [-0.39, 0.29) is 23.8 Å². The number of hydrogen-bond donors (Lipinski definition) is 0. The summed E-state index contributed by atoms with van der Waals surface area (Å²) in [7, 11) is 0. The van der Waals surface area contributed by atoms with Gasteiger partial charge >= 0.3 is 0 Å². The molecule has 2 fully saturated rings. The summed E-state index contributed by atoms with van der Waals surface area (Å²) >= 11 is 0. The molecular weight excluding hydrogens is 288 g/mol. The van der Waals surface area contributed by atoms with Gasteiger partial charge in [-0.15, -0.1) is 0 Å². The van der Waals surface area contributed by atoms with Crippen LogP contribution in [0.1, 0.15) is 50.5 Å². The second-order valence-corrected chi connectivity index (χ2v) is 6.79. The van der Waals surface area contributed by atoms with Crippen molar-refractivity contribution in [3.63, 3.8) is 0 Å². The van der Waals surface area contributed by atoms with Gasteiger partial charge in [0.05, 0.1) is 0 Å². The molecular formula is C19H26N2O2. The maximum absolute atomic E-state index is 12.7. The minimum Gasteiger partial charge on any atom is -0.341 e. The van der Waals surface area contributed by atoms with Crippen molar-refractivity contribution in [1.82, 2.24) is 9.80 Å². The highest BCUT2D eigenvalue weighted by Gasteiger charge is 2.37. The van der Waals surface area contributed by atoms with Crippen LogP contribution < -0.4 is 0 Å². The number of rotatable bonds is 4. The molecule has 2 amide bonds. The first-order valence-electron chi connectivity index (χ1n) is 8.80. The van der Waals surface area contributed by atoms with Crippen LogP contribution >= 0.6 is 0 Å². The van der Waals surface area contributed by atoms with Crippen molar-refractivity contribution >= 4 is 11.8 Å². The Morgan fingerprint density at radius 2 is 1.78 bits per heavy atom. The van der Waals surface area contributed by atoms with Gasteiger partial charge in [0, 0.05) is 26.1 Å². The summed E-state index contributed by atoms with van der Waals surface area (Å²) < 4.78 is 0. The molecule has 124 valence electrons. The van der Waals surface area contributed by atoms with Crippen LogP contribution in [-0.2, 0) is 9.59 Å². The zero-order valence-corrected chi connectivity index (χ0v) is 13.9. The smallest absolute Gasteiger partial charge is 0.245 e. The Morgan fingerprint density at radius 3 is 2.48 bits per heavy atom. The molecule has 1 aromatic rings. The van der Waals surface area contributed by atoms with E-state index in [1.165, 1.54) is 5.56 Å². The first-order valence-corrected chi connectivity index (χ1v) is 8.80. The van der Waals surface area contributed by atoms with E-state index in [0.29, 0.717) is 6.42 Å². The first-order chi connectivity index (χ1) is 11.2. The van der Waals surface area contributed by atoms with E-state index in [0.717, 1.165) is 45.3 Å². The standard InChI is InChI=1S/C19H26N2O2/c1-15(16-8-3-2-4-9-16)14-18(22)21-13-7-10-17(21)19(23)20-11-5-6-12-20/h2-4,8-9,15,17H,5-7,10-14H2,1H3/t15?,17-/m1/s1. The van der Waals surface area contributed by atoms with E-state index in [9.17, 15) is 9.59 Å². The van der Waals surface area contributed by atoms with Gasteiger partial charge in [0.15, 0.2) is 0 Å². The van der Waals surface area contributed by atoms with Crippen molar-refractivity contribution in [1.29, 1.82) is 0 Å². The Bertz CT molecular complexity index is 552. The number of carbonyl (C=O) groups excluding carboxylic acids is 2. The Kier molecular flexibility index (Phi) is 4.99. The van der Waals surface area contributed by atoms with Crippen LogP contribution in [-0.4, -0.2) is 47.3 Å². The Labute approximate surface area is 138 Å². The molecule has 3 rings (SSSR count). The molecule has 0 aromatic heterocycles. The number of benzene rings is 1. The summed E-state index contributed by atoms with van der Waals surface area (Å²) in [6.07, 6.45) is 4.43. The molecule has 2 heterocycles. The van der Waals surface area contributed by atoms with Crippen LogP contribution in [0.2, 0.25) is 0 Å². The fraction of sp³-hybridized carbons (Fsp3) is 0.579. The molecule has 2 saturated heterocycles. The average Bonchev–Trinajstić information content (AvgIpc) is 3.26. The van der Waals surface area contributed by atoms with Gasteiger partial charge in [-0.05, 0) is 37.2 Å². The van der Waals surface area contributed by atoms with E-state index in [2.05, 4.69) is 19.1 Å². The average molecular weight is 314 g/mol. The lowest BCUT2D eigenvalue weighted by molar-refractivity contribution is -0.143. The lowest BCUT2D eigenvalue weighted by Crippen LogP contribution is -2.47. The van der Waals surface area contributed by atoms with Gasteiger partial charge in [-0.2, -0.15) is 0 Å². The maximum Gasteiger partial charge on any atom is 0.245 e. The molecule has 1 aromatic carbocycles. The van der Waals surface area contributed by atoms with Crippen molar-refractivity contribution in [2.45, 2.75) is 51.0 Å². The Morgan fingerprint density at radius 1 is 1.09 bits per heavy atom. The largest absolute Gasteiger partial charge is 0.341 e. The highest BCUT2D eigenvalue weighted by molar-refractivity contribution is 5.88. The van der Waals surface area contributed by atoms with Gasteiger partial charge in [-0.25, -0.2) is 0 Å². The van der Waals surface area contributed by atoms with E-state index < -0.39 is 0 Å². The predicted molar refractivity (Wildman–Crippen MR) is 90.0 cm³/mol. The third kappa shape index (κ3) is 3.57. The molecule has 23 heavy (non-hydrogen) atoms. The van der Waals surface area contributed by atoms with E-state index in [1.54, 1.807) is 0 Å². The predicted octanol–water partition coefficient (Wildman–Crippen LogP) is 2.79. The van der Waals surface area contributed by atoms with Crippen molar-refractivity contribution < 1.29 is 9.59 Å². The lowest BCUT2D eigenvalue weighted by Gasteiger charge is -2.28. The zero-order chi connectivity index (χ0) is 16.2. The van der Waals surface area contributed by atoms with Crippen LogP contribution in [0.5, 0.6) is 0 Å². The van der Waals surface area contributed by atoms with Crippen molar-refractivity contribution in [3.8, 4) is 0 Å². The zero-order valence-electron chi connectivity index (χ0n) is 13.9. The summed E-state index contributed by atoms with van der Waals surface area (Å²) in [6, 6.07) is 9.91. The third-order valence-electron chi connectivity index (χ3n) is 5.13. The van der Waals surface area contributed by atoms with Crippen LogP contribution in [0.3, 0.4) is 0 Å². The first kappa shape index (κ1) is 16.0. The number of hydrogen-bond acceptors (Lipinski definition) is 2. The second-order valence-electron chi connectivity index (χ2n) is 6.79. The lowest BCUT2D eigenvalue weighted by atomic mass is 9.97. The molecule has 4 nitrogen and oxygen atoms in total. The molecule has 0 bridgehead atoms. The molecule has 0 N–H and O–H groups in total. The maximum atomic E-state index is 12.7. The van der Waals surface area contributed by atoms with Crippen LogP contribution in [0, 0.1) is 0 Å². The topological polar surface area (TPSA) is 40.6 Å². The number of amides is 2. The molecule has 4 heteroatoms. The monoisotopic (exact) mass is 314 g/mol. The summed E-state index contributed by atoms with van der Waals surface area (Å²) in [6.45, 7) is 4.53. The van der Waals surface area contributed by atoms with Gasteiger partial charge in [0.25, 0.3) is 0 Å². The van der Waals surface area contributed by atoms with Crippen molar-refractivity contribution in [3.05, 3.63) is 35.9 Å². The fourth-order valence-corrected chi connectivity index (χ4v) is 3.75. The van der Waals surface area contributed by atoms with Gasteiger partial charge in [-0.3, -0.25) is 9.59 Å². The summed E-state index contributed by atoms with van der Waals surface area (Å²) in [4.78, 5) is 29.1. The van der Waals surface area contributed by atoms with Gasteiger partial charge < -0.3 is 9.80 Å². The molecule has 0 saturated carbocycles. The quantitative estimate of drug-likeness (QED) is 0.857.